The molecule has 6 nitrogen and oxygen atoms in total. The third-order valence-corrected chi connectivity index (χ3v) is 9.02. The van der Waals surface area contributed by atoms with Crippen LogP contribution < -0.4 is 20.2 Å². The van der Waals surface area contributed by atoms with Crippen molar-refractivity contribution in [1.82, 2.24) is 9.13 Å². The van der Waals surface area contributed by atoms with Crippen molar-refractivity contribution in [2.24, 2.45) is 17.0 Å². The molecule has 2 aliphatic rings. The van der Waals surface area contributed by atoms with Gasteiger partial charge >= 0.3 is 0 Å². The first kappa shape index (κ1) is 23.2. The van der Waals surface area contributed by atoms with E-state index in [9.17, 15) is 0 Å². The van der Waals surface area contributed by atoms with Gasteiger partial charge in [0.15, 0.2) is 23.0 Å². The first-order valence-electron chi connectivity index (χ1n) is 13.4. The van der Waals surface area contributed by atoms with E-state index < -0.39 is 0 Å². The molecule has 0 N–H and O–H groups in total. The van der Waals surface area contributed by atoms with Gasteiger partial charge in [-0.3, -0.25) is 0 Å². The van der Waals surface area contributed by atoms with Gasteiger partial charge in [0.25, 0.3) is 0 Å². The number of aryl methyl sites for hydroxylation is 2. The molecular formula is C33H20Cl2N4O2. The molecule has 0 saturated heterocycles. The molecule has 0 atom stereocenters. The topological polar surface area (TPSA) is 53.0 Å². The largest absolute Gasteiger partial charge is 0.450 e. The number of fused-ring (bicyclic) bond motifs is 12. The van der Waals surface area contributed by atoms with Crippen molar-refractivity contribution in [2.75, 3.05) is 0 Å². The smallest absolute Gasteiger partial charge is 0.175 e. The molecule has 2 aliphatic heterocycles. The van der Waals surface area contributed by atoms with Gasteiger partial charge in [-0.1, -0.05) is 59.6 Å². The highest BCUT2D eigenvalue weighted by atomic mass is 35.5. The molecule has 9 rings (SSSR count). The lowest BCUT2D eigenvalue weighted by Crippen LogP contribution is -2.22. The molecule has 8 heteroatoms. The van der Waals surface area contributed by atoms with Crippen LogP contribution in [0.25, 0.3) is 43.6 Å². The Balaban J connectivity index is 1.32. The van der Waals surface area contributed by atoms with Crippen LogP contribution in [0.2, 0.25) is 10.0 Å². The predicted octanol–water partition coefficient (Wildman–Crippen LogP) is 8.88. The summed E-state index contributed by atoms with van der Waals surface area (Å²) in [4.78, 5) is 9.92. The standard InChI is InChI=1S/C33H20Cl2N4O2/c1-3-39-21-11-7-5-9-17(21)25-23(39)15-13-19-31(25)41-33-27(35)28-32(26(34)29(33)37-19)40-30-18(36-28)12-14-22-24(30)16-8-4-6-10-20(16)38(22)2/h4-15H,3H2,1-2H3. The Morgan fingerprint density at radius 3 is 1.73 bits per heavy atom. The zero-order chi connectivity index (χ0) is 27.6. The maximum atomic E-state index is 7.04. The zero-order valence-corrected chi connectivity index (χ0v) is 23.5. The van der Waals surface area contributed by atoms with Crippen molar-refractivity contribution < 1.29 is 9.47 Å². The second-order valence-corrected chi connectivity index (χ2v) is 11.1. The van der Waals surface area contributed by atoms with Gasteiger partial charge in [-0.05, 0) is 43.3 Å². The average Bonchev–Trinajstić information content (AvgIpc) is 3.50. The molecule has 7 aromatic rings. The Kier molecular flexibility index (Phi) is 4.55. The molecule has 0 bridgehead atoms. The molecule has 0 saturated carbocycles. The number of halogens is 2. The minimum Gasteiger partial charge on any atom is -0.450 e. The fourth-order valence-electron chi connectivity index (χ4n) is 6.48. The Hall–Kier alpha value is -4.52. The fourth-order valence-corrected chi connectivity index (χ4v) is 6.99. The minimum absolute atomic E-state index is 0.313. The Labute approximate surface area is 243 Å². The van der Waals surface area contributed by atoms with E-state index in [2.05, 4.69) is 58.5 Å². The van der Waals surface area contributed by atoms with Crippen molar-refractivity contribution in [3.05, 3.63) is 93.6 Å². The van der Waals surface area contributed by atoms with Crippen molar-refractivity contribution in [3.8, 4) is 23.0 Å². The number of hydrogen-bond acceptors (Lipinski definition) is 4. The molecule has 0 aliphatic carbocycles. The molecule has 198 valence electrons. The lowest BCUT2D eigenvalue weighted by atomic mass is 10.1. The van der Waals surface area contributed by atoms with Gasteiger partial charge in [-0.2, -0.15) is 0 Å². The first-order chi connectivity index (χ1) is 20.0. The maximum absolute atomic E-state index is 7.04. The van der Waals surface area contributed by atoms with Crippen LogP contribution in [0.4, 0.5) is 11.4 Å². The SMILES string of the molecule is CCn1c2ccccc2c2c3c(ccc21)N=c1c(Cl)c2c(c(Cl)c1O3)=Nc1ccc3c(c1O2)c1ccccc1n3C. The van der Waals surface area contributed by atoms with Gasteiger partial charge in [0.1, 0.15) is 32.1 Å². The van der Waals surface area contributed by atoms with Gasteiger partial charge in [-0.15, -0.1) is 0 Å². The molecule has 0 spiro atoms. The summed E-state index contributed by atoms with van der Waals surface area (Å²) in [5, 5.41) is 5.65. The van der Waals surface area contributed by atoms with E-state index in [4.69, 9.17) is 42.7 Å². The average molecular weight is 575 g/mol. The van der Waals surface area contributed by atoms with E-state index >= 15 is 0 Å². The van der Waals surface area contributed by atoms with E-state index in [1.807, 2.05) is 37.4 Å². The Bertz CT molecular complexity index is 2460. The van der Waals surface area contributed by atoms with Gasteiger partial charge in [0.2, 0.25) is 0 Å². The van der Waals surface area contributed by atoms with E-state index in [-0.39, 0.29) is 0 Å². The molecule has 41 heavy (non-hydrogen) atoms. The third kappa shape index (κ3) is 2.88. The van der Waals surface area contributed by atoms with Gasteiger partial charge in [0.05, 0.1) is 21.8 Å². The molecule has 0 amide bonds. The summed E-state index contributed by atoms with van der Waals surface area (Å²) < 4.78 is 17.6. The molecule has 5 aromatic carbocycles. The molecule has 4 heterocycles. The zero-order valence-electron chi connectivity index (χ0n) is 22.0. The van der Waals surface area contributed by atoms with Crippen LogP contribution in [-0.2, 0) is 13.6 Å². The number of ether oxygens (including phenoxy) is 2. The van der Waals surface area contributed by atoms with Gasteiger partial charge in [-0.25, -0.2) is 9.98 Å². The molecule has 0 unspecified atom stereocenters. The summed E-state index contributed by atoms with van der Waals surface area (Å²) in [6.07, 6.45) is 0. The Morgan fingerprint density at radius 2 is 1.12 bits per heavy atom. The van der Waals surface area contributed by atoms with Crippen molar-refractivity contribution in [1.29, 1.82) is 0 Å². The summed E-state index contributed by atoms with van der Waals surface area (Å²) >= 11 is 14.1. The van der Waals surface area contributed by atoms with Crippen LogP contribution in [0.3, 0.4) is 0 Å². The van der Waals surface area contributed by atoms with Crippen LogP contribution >= 0.6 is 23.2 Å². The number of nitrogens with zero attached hydrogens (tertiary/aromatic N) is 4. The number of benzene rings is 5. The van der Waals surface area contributed by atoms with Crippen molar-refractivity contribution in [2.45, 2.75) is 13.5 Å². The van der Waals surface area contributed by atoms with Gasteiger partial charge < -0.3 is 18.6 Å². The highest BCUT2D eigenvalue weighted by Crippen LogP contribution is 2.49. The summed E-state index contributed by atoms with van der Waals surface area (Å²) in [6.45, 7) is 2.97. The summed E-state index contributed by atoms with van der Waals surface area (Å²) in [6, 6.07) is 24.6. The highest BCUT2D eigenvalue weighted by Gasteiger charge is 2.30. The lowest BCUT2D eigenvalue weighted by Gasteiger charge is -2.22. The number of hydrogen-bond donors (Lipinski definition) is 0. The van der Waals surface area contributed by atoms with Crippen LogP contribution in [-0.4, -0.2) is 9.13 Å². The summed E-state index contributed by atoms with van der Waals surface area (Å²) in [5.41, 5.74) is 5.73. The number of aromatic nitrogens is 2. The summed E-state index contributed by atoms with van der Waals surface area (Å²) in [5.74, 6) is 2.07. The minimum atomic E-state index is 0.313. The number of rotatable bonds is 1. The van der Waals surface area contributed by atoms with Crippen molar-refractivity contribution in [3.63, 3.8) is 0 Å². The lowest BCUT2D eigenvalue weighted by molar-refractivity contribution is 0.457. The molecule has 0 radical (unpaired) electrons. The van der Waals surface area contributed by atoms with Gasteiger partial charge in [0, 0.05) is 35.4 Å². The predicted molar refractivity (Wildman–Crippen MR) is 164 cm³/mol. The van der Waals surface area contributed by atoms with Crippen LogP contribution in [0.15, 0.2) is 82.8 Å². The number of para-hydroxylation sites is 2. The highest BCUT2D eigenvalue weighted by molar-refractivity contribution is 6.35. The first-order valence-corrected chi connectivity index (χ1v) is 14.2. The molecular weight excluding hydrogens is 555 g/mol. The van der Waals surface area contributed by atoms with Crippen LogP contribution in [0, 0.1) is 0 Å². The van der Waals surface area contributed by atoms with E-state index in [0.717, 1.165) is 50.2 Å². The van der Waals surface area contributed by atoms with Crippen molar-refractivity contribution >= 4 is 78.2 Å². The van der Waals surface area contributed by atoms with E-state index in [1.54, 1.807) is 0 Å². The van der Waals surface area contributed by atoms with E-state index in [0.29, 0.717) is 55.1 Å². The maximum Gasteiger partial charge on any atom is 0.175 e. The van der Waals surface area contributed by atoms with Crippen LogP contribution in [0.1, 0.15) is 6.92 Å². The molecule has 2 aromatic heterocycles. The fraction of sp³-hybridized carbons (Fsp3) is 0.0909. The Morgan fingerprint density at radius 1 is 0.610 bits per heavy atom. The quantitative estimate of drug-likeness (QED) is 0.196. The summed E-state index contributed by atoms with van der Waals surface area (Å²) in [7, 11) is 2.05. The van der Waals surface area contributed by atoms with E-state index in [1.165, 1.54) is 0 Å². The molecule has 0 fully saturated rings. The second kappa shape index (κ2) is 8.03. The third-order valence-electron chi connectivity index (χ3n) is 8.31. The monoisotopic (exact) mass is 574 g/mol. The normalized spacial score (nSPS) is 13.3. The second-order valence-electron chi connectivity index (χ2n) is 10.4. The van der Waals surface area contributed by atoms with Crippen LogP contribution in [0.5, 0.6) is 23.0 Å².